The van der Waals surface area contributed by atoms with Gasteiger partial charge in [-0.25, -0.2) is 0 Å². The highest BCUT2D eigenvalue weighted by Crippen LogP contribution is 2.27. The molecule has 2 rings (SSSR count). The summed E-state index contributed by atoms with van der Waals surface area (Å²) in [5.41, 5.74) is 1.49. The molecule has 0 N–H and O–H groups in total. The van der Waals surface area contributed by atoms with Crippen molar-refractivity contribution in [3.05, 3.63) is 35.9 Å². The van der Waals surface area contributed by atoms with E-state index < -0.39 is 0 Å². The lowest BCUT2D eigenvalue weighted by molar-refractivity contribution is 0.173. The molecule has 0 amide bonds. The topological polar surface area (TPSA) is 3.24 Å². The monoisotopic (exact) mass is 231 g/mol. The fraction of sp³-hybridized carbons (Fsp3) is 0.625. The van der Waals surface area contributed by atoms with Gasteiger partial charge in [0.1, 0.15) is 0 Å². The molecule has 1 heteroatoms. The summed E-state index contributed by atoms with van der Waals surface area (Å²) in [5.74, 6) is 1.83. The zero-order valence-corrected chi connectivity index (χ0v) is 11.2. The number of hydrogen-bond acceptors (Lipinski definition) is 1. The Labute approximate surface area is 106 Å². The number of hydrogen-bond donors (Lipinski definition) is 0. The first-order valence-corrected chi connectivity index (χ1v) is 6.98. The van der Waals surface area contributed by atoms with E-state index in [1.165, 1.54) is 44.3 Å². The highest BCUT2D eigenvalue weighted by atomic mass is 15.1. The molecule has 1 aliphatic rings. The molecular weight excluding hydrogens is 206 g/mol. The molecule has 1 aliphatic heterocycles. The van der Waals surface area contributed by atoms with E-state index >= 15 is 0 Å². The molecule has 1 aromatic carbocycles. The number of benzene rings is 1. The molecule has 1 saturated heterocycles. The van der Waals surface area contributed by atoms with Gasteiger partial charge >= 0.3 is 0 Å². The number of nitrogens with zero attached hydrogens (tertiary/aromatic N) is 1. The van der Waals surface area contributed by atoms with E-state index in [1.54, 1.807) is 0 Å². The number of piperidine rings is 1. The lowest BCUT2D eigenvalue weighted by Gasteiger charge is -2.32. The minimum atomic E-state index is 0.879. The van der Waals surface area contributed by atoms with Gasteiger partial charge in [0.15, 0.2) is 0 Å². The first-order valence-electron chi connectivity index (χ1n) is 6.98. The fourth-order valence-electron chi connectivity index (χ4n) is 2.87. The van der Waals surface area contributed by atoms with Gasteiger partial charge in [0.05, 0.1) is 0 Å². The van der Waals surface area contributed by atoms with Crippen molar-refractivity contribution < 1.29 is 0 Å². The highest BCUT2D eigenvalue weighted by molar-refractivity contribution is 5.14. The van der Waals surface area contributed by atoms with E-state index in [2.05, 4.69) is 49.2 Å². The molecule has 1 aromatic rings. The van der Waals surface area contributed by atoms with Gasteiger partial charge in [-0.15, -0.1) is 0 Å². The molecule has 0 aromatic heterocycles. The predicted octanol–water partition coefficient (Wildman–Crippen LogP) is 3.60. The fourth-order valence-corrected chi connectivity index (χ4v) is 2.87. The molecule has 0 radical (unpaired) electrons. The van der Waals surface area contributed by atoms with Crippen LogP contribution in [0, 0.1) is 11.8 Å². The molecule has 0 saturated carbocycles. The molecule has 1 atom stereocenters. The van der Waals surface area contributed by atoms with Crippen molar-refractivity contribution >= 4 is 0 Å². The van der Waals surface area contributed by atoms with E-state index in [9.17, 15) is 0 Å². The molecule has 0 aliphatic carbocycles. The summed E-state index contributed by atoms with van der Waals surface area (Å²) in [7, 11) is 2.24. The third kappa shape index (κ3) is 3.85. The van der Waals surface area contributed by atoms with Crippen molar-refractivity contribution in [1.29, 1.82) is 0 Å². The summed E-state index contributed by atoms with van der Waals surface area (Å²) >= 11 is 0. The Morgan fingerprint density at radius 1 is 1.18 bits per heavy atom. The zero-order chi connectivity index (χ0) is 12.1. The molecule has 0 bridgehead atoms. The van der Waals surface area contributed by atoms with Gasteiger partial charge < -0.3 is 4.90 Å². The lowest BCUT2D eigenvalue weighted by Crippen LogP contribution is -2.32. The van der Waals surface area contributed by atoms with Gasteiger partial charge in [-0.1, -0.05) is 37.3 Å². The van der Waals surface area contributed by atoms with Crippen LogP contribution in [0.2, 0.25) is 0 Å². The summed E-state index contributed by atoms with van der Waals surface area (Å²) in [4.78, 5) is 2.46. The Morgan fingerprint density at radius 3 is 2.47 bits per heavy atom. The summed E-state index contributed by atoms with van der Waals surface area (Å²) in [6.45, 7) is 5.03. The summed E-state index contributed by atoms with van der Waals surface area (Å²) < 4.78 is 0. The van der Waals surface area contributed by atoms with Gasteiger partial charge in [0.2, 0.25) is 0 Å². The second-order valence-corrected chi connectivity index (χ2v) is 5.64. The molecule has 0 spiro atoms. The maximum atomic E-state index is 2.46. The van der Waals surface area contributed by atoms with Crippen molar-refractivity contribution in [3.63, 3.8) is 0 Å². The average Bonchev–Trinajstić information content (AvgIpc) is 2.38. The Hall–Kier alpha value is -0.820. The number of likely N-dealkylation sites (tertiary alicyclic amines) is 1. The van der Waals surface area contributed by atoms with E-state index in [0.29, 0.717) is 0 Å². The Bertz CT molecular complexity index is 312. The molecule has 94 valence electrons. The highest BCUT2D eigenvalue weighted by Gasteiger charge is 2.21. The van der Waals surface area contributed by atoms with Crippen LogP contribution in [-0.2, 0) is 6.42 Å². The molecule has 1 heterocycles. The van der Waals surface area contributed by atoms with E-state index in [-0.39, 0.29) is 0 Å². The van der Waals surface area contributed by atoms with Crippen LogP contribution in [0.15, 0.2) is 30.3 Å². The van der Waals surface area contributed by atoms with Gasteiger partial charge in [-0.3, -0.25) is 0 Å². The smallest absolute Gasteiger partial charge is 0.00190 e. The van der Waals surface area contributed by atoms with Crippen LogP contribution in [0.5, 0.6) is 0 Å². The van der Waals surface area contributed by atoms with Crippen molar-refractivity contribution in [3.8, 4) is 0 Å². The van der Waals surface area contributed by atoms with E-state index in [1.807, 2.05) is 0 Å². The third-order valence-corrected chi connectivity index (χ3v) is 4.30. The van der Waals surface area contributed by atoms with Crippen LogP contribution in [-0.4, -0.2) is 25.0 Å². The van der Waals surface area contributed by atoms with E-state index in [4.69, 9.17) is 0 Å². The second-order valence-electron chi connectivity index (χ2n) is 5.64. The standard InChI is InChI=1S/C16H25N/c1-14(16-10-12-17(2)13-11-16)8-9-15-6-4-3-5-7-15/h3-7,14,16H,8-13H2,1-2H3. The Morgan fingerprint density at radius 2 is 1.82 bits per heavy atom. The zero-order valence-electron chi connectivity index (χ0n) is 11.2. The molecule has 1 unspecified atom stereocenters. The Kier molecular flexibility index (Phi) is 4.61. The largest absolute Gasteiger partial charge is 0.306 e. The Balaban J connectivity index is 1.75. The minimum absolute atomic E-state index is 0.879. The third-order valence-electron chi connectivity index (χ3n) is 4.30. The summed E-state index contributed by atoms with van der Waals surface area (Å²) in [5, 5.41) is 0. The van der Waals surface area contributed by atoms with Crippen molar-refractivity contribution in [2.75, 3.05) is 20.1 Å². The van der Waals surface area contributed by atoms with E-state index in [0.717, 1.165) is 11.8 Å². The van der Waals surface area contributed by atoms with Crippen molar-refractivity contribution in [1.82, 2.24) is 4.90 Å². The molecule has 17 heavy (non-hydrogen) atoms. The number of aryl methyl sites for hydroxylation is 1. The van der Waals surface area contributed by atoms with Gasteiger partial charge in [-0.2, -0.15) is 0 Å². The quantitative estimate of drug-likeness (QED) is 0.765. The predicted molar refractivity (Wildman–Crippen MR) is 74.1 cm³/mol. The lowest BCUT2D eigenvalue weighted by atomic mass is 9.82. The first-order chi connectivity index (χ1) is 8.25. The van der Waals surface area contributed by atoms with Gasteiger partial charge in [0, 0.05) is 0 Å². The summed E-state index contributed by atoms with van der Waals surface area (Å²) in [6.07, 6.45) is 5.38. The second kappa shape index (κ2) is 6.20. The van der Waals surface area contributed by atoms with Crippen LogP contribution in [0.1, 0.15) is 31.7 Å². The van der Waals surface area contributed by atoms with Crippen LogP contribution in [0.4, 0.5) is 0 Å². The average molecular weight is 231 g/mol. The molecular formula is C16H25N. The molecule has 1 fully saturated rings. The maximum absolute atomic E-state index is 2.46. The van der Waals surface area contributed by atoms with Gasteiger partial charge in [0.25, 0.3) is 0 Å². The maximum Gasteiger partial charge on any atom is -0.00190 e. The van der Waals surface area contributed by atoms with Crippen LogP contribution in [0.25, 0.3) is 0 Å². The van der Waals surface area contributed by atoms with Crippen LogP contribution >= 0.6 is 0 Å². The number of rotatable bonds is 4. The first kappa shape index (κ1) is 12.6. The van der Waals surface area contributed by atoms with Gasteiger partial charge in [-0.05, 0) is 63.2 Å². The van der Waals surface area contributed by atoms with Crippen LogP contribution in [0.3, 0.4) is 0 Å². The SMILES string of the molecule is CC(CCc1ccccc1)C1CCN(C)CC1. The minimum Gasteiger partial charge on any atom is -0.306 e. The van der Waals surface area contributed by atoms with Crippen molar-refractivity contribution in [2.24, 2.45) is 11.8 Å². The van der Waals surface area contributed by atoms with Crippen molar-refractivity contribution in [2.45, 2.75) is 32.6 Å². The van der Waals surface area contributed by atoms with Crippen LogP contribution < -0.4 is 0 Å². The molecule has 1 nitrogen and oxygen atoms in total. The normalized spacial score (nSPS) is 20.4. The summed E-state index contributed by atoms with van der Waals surface area (Å²) in [6, 6.07) is 10.9.